The minimum absolute atomic E-state index is 0. The van der Waals surface area contributed by atoms with E-state index in [0.717, 1.165) is 29.2 Å². The fraction of sp³-hybridized carbons (Fsp3) is 0.357. The summed E-state index contributed by atoms with van der Waals surface area (Å²) in [5.74, 6) is 0.0698. The fourth-order valence-corrected chi connectivity index (χ4v) is 3.21. The molecule has 1 N–H and O–H groups in total. The Hall–Kier alpha value is -1.21. The molecule has 1 aliphatic rings. The minimum atomic E-state index is 0. The smallest absolute Gasteiger partial charge is 0.266 e. The molecule has 0 saturated carbocycles. The third-order valence-electron chi connectivity index (χ3n) is 3.51. The number of aryl methyl sites for hydroxylation is 1. The van der Waals surface area contributed by atoms with Crippen LogP contribution in [0.3, 0.4) is 0 Å². The van der Waals surface area contributed by atoms with Crippen molar-refractivity contribution in [2.24, 2.45) is 0 Å². The van der Waals surface area contributed by atoms with Gasteiger partial charge in [-0.05, 0) is 18.6 Å². The molecule has 1 fully saturated rings. The van der Waals surface area contributed by atoms with Gasteiger partial charge in [-0.2, -0.15) is 0 Å². The number of thiazole rings is 1. The number of nitrogens with zero attached hydrogens (tertiary/aromatic N) is 3. The molecule has 1 saturated heterocycles. The summed E-state index contributed by atoms with van der Waals surface area (Å²) in [5, 5.41) is 3.34. The Kier molecular flexibility index (Phi) is 7.22. The molecule has 1 aliphatic heterocycles. The molecule has 1 unspecified atom stereocenters. The number of halogens is 2. The van der Waals surface area contributed by atoms with E-state index < -0.39 is 0 Å². The van der Waals surface area contributed by atoms with E-state index in [0.29, 0.717) is 6.54 Å². The summed E-state index contributed by atoms with van der Waals surface area (Å²) in [7, 11) is 0. The van der Waals surface area contributed by atoms with Crippen molar-refractivity contribution in [3.8, 4) is 0 Å². The Morgan fingerprint density at radius 3 is 2.91 bits per heavy atom. The molecule has 5 nitrogen and oxygen atoms in total. The van der Waals surface area contributed by atoms with Gasteiger partial charge in [0.1, 0.15) is 4.88 Å². The van der Waals surface area contributed by atoms with Crippen molar-refractivity contribution in [1.82, 2.24) is 20.2 Å². The molecule has 0 aliphatic carbocycles. The molecule has 3 rings (SSSR count). The zero-order valence-corrected chi connectivity index (χ0v) is 14.5. The van der Waals surface area contributed by atoms with Gasteiger partial charge in [0.25, 0.3) is 5.91 Å². The number of amides is 1. The third-order valence-corrected chi connectivity index (χ3v) is 4.43. The van der Waals surface area contributed by atoms with Crippen LogP contribution in [-0.2, 0) is 0 Å². The molecule has 0 aromatic carbocycles. The Bertz CT molecular complexity index is 608. The van der Waals surface area contributed by atoms with Gasteiger partial charge in [0.15, 0.2) is 0 Å². The maximum atomic E-state index is 12.7. The van der Waals surface area contributed by atoms with Crippen LogP contribution in [-0.4, -0.2) is 40.4 Å². The summed E-state index contributed by atoms with van der Waals surface area (Å²) in [6.07, 6.45) is 3.58. The highest BCUT2D eigenvalue weighted by molar-refractivity contribution is 7.11. The number of carbonyl (C=O) groups excluding carboxylic acids is 1. The normalized spacial score (nSPS) is 17.3. The van der Waals surface area contributed by atoms with Crippen LogP contribution >= 0.6 is 36.2 Å². The zero-order chi connectivity index (χ0) is 13.9. The average molecular weight is 361 g/mol. The van der Waals surface area contributed by atoms with Crippen LogP contribution in [0, 0.1) is 6.92 Å². The summed E-state index contributed by atoms with van der Waals surface area (Å²) in [5.41, 5.74) is 3.60. The maximum Gasteiger partial charge on any atom is 0.266 e. The van der Waals surface area contributed by atoms with Gasteiger partial charge >= 0.3 is 0 Å². The van der Waals surface area contributed by atoms with E-state index in [2.05, 4.69) is 15.3 Å². The van der Waals surface area contributed by atoms with Gasteiger partial charge in [-0.1, -0.05) is 6.07 Å². The van der Waals surface area contributed by atoms with E-state index >= 15 is 0 Å². The molecule has 0 radical (unpaired) electrons. The second-order valence-electron chi connectivity index (χ2n) is 4.77. The van der Waals surface area contributed by atoms with Crippen LogP contribution in [0.2, 0.25) is 0 Å². The topological polar surface area (TPSA) is 58.1 Å². The van der Waals surface area contributed by atoms with E-state index in [1.165, 1.54) is 11.3 Å². The second kappa shape index (κ2) is 8.43. The number of hydrogen-bond acceptors (Lipinski definition) is 5. The van der Waals surface area contributed by atoms with Crippen LogP contribution in [0.4, 0.5) is 0 Å². The first-order chi connectivity index (χ1) is 9.77. The number of carbonyl (C=O) groups is 1. The summed E-state index contributed by atoms with van der Waals surface area (Å²) < 4.78 is 0. The molecule has 120 valence electrons. The quantitative estimate of drug-likeness (QED) is 0.893. The maximum absolute atomic E-state index is 12.7. The molecule has 3 heterocycles. The lowest BCUT2D eigenvalue weighted by atomic mass is 10.0. The molecule has 1 amide bonds. The van der Waals surface area contributed by atoms with Crippen molar-refractivity contribution in [3.05, 3.63) is 46.2 Å². The average Bonchev–Trinajstić information content (AvgIpc) is 2.93. The Morgan fingerprint density at radius 2 is 2.27 bits per heavy atom. The van der Waals surface area contributed by atoms with Gasteiger partial charge in [-0.15, -0.1) is 36.2 Å². The summed E-state index contributed by atoms with van der Waals surface area (Å²) >= 11 is 1.41. The third kappa shape index (κ3) is 3.76. The fourth-order valence-electron chi connectivity index (χ4n) is 2.46. The minimum Gasteiger partial charge on any atom is -0.328 e. The summed E-state index contributed by atoms with van der Waals surface area (Å²) in [6, 6.07) is 3.96. The van der Waals surface area contributed by atoms with Crippen LogP contribution in [0.15, 0.2) is 30.0 Å². The van der Waals surface area contributed by atoms with Crippen molar-refractivity contribution >= 4 is 42.1 Å². The molecular formula is C14H18Cl2N4OS. The number of aromatic nitrogens is 2. The van der Waals surface area contributed by atoms with Crippen molar-refractivity contribution in [1.29, 1.82) is 0 Å². The van der Waals surface area contributed by atoms with E-state index in [1.807, 2.05) is 30.2 Å². The molecular weight excluding hydrogens is 343 g/mol. The molecule has 0 bridgehead atoms. The van der Waals surface area contributed by atoms with Gasteiger partial charge in [-0.3, -0.25) is 9.78 Å². The Balaban J connectivity index is 0.00000121. The number of rotatable bonds is 2. The number of hydrogen-bond donors (Lipinski definition) is 1. The van der Waals surface area contributed by atoms with Crippen LogP contribution in [0.1, 0.15) is 27.0 Å². The monoisotopic (exact) mass is 360 g/mol. The molecule has 0 spiro atoms. The molecule has 1 atom stereocenters. The molecule has 22 heavy (non-hydrogen) atoms. The first-order valence-electron chi connectivity index (χ1n) is 6.59. The Morgan fingerprint density at radius 1 is 1.45 bits per heavy atom. The van der Waals surface area contributed by atoms with Crippen molar-refractivity contribution < 1.29 is 4.79 Å². The van der Waals surface area contributed by atoms with E-state index in [4.69, 9.17) is 0 Å². The predicted molar refractivity (Wildman–Crippen MR) is 92.2 cm³/mol. The van der Waals surface area contributed by atoms with Crippen molar-refractivity contribution in [2.45, 2.75) is 13.0 Å². The van der Waals surface area contributed by atoms with Gasteiger partial charge in [0.05, 0.1) is 17.2 Å². The van der Waals surface area contributed by atoms with Crippen molar-refractivity contribution in [3.63, 3.8) is 0 Å². The summed E-state index contributed by atoms with van der Waals surface area (Å²) in [4.78, 5) is 23.7. The predicted octanol–water partition coefficient (Wildman–Crippen LogP) is 2.48. The van der Waals surface area contributed by atoms with E-state index in [9.17, 15) is 4.79 Å². The van der Waals surface area contributed by atoms with Crippen LogP contribution in [0.5, 0.6) is 0 Å². The highest BCUT2D eigenvalue weighted by Crippen LogP contribution is 2.25. The molecule has 2 aromatic heterocycles. The first kappa shape index (κ1) is 18.8. The van der Waals surface area contributed by atoms with E-state index in [-0.39, 0.29) is 36.8 Å². The van der Waals surface area contributed by atoms with Crippen molar-refractivity contribution in [2.75, 3.05) is 19.6 Å². The standard InChI is InChI=1S/C14H16N4OS.2ClH/c1-10-13(20-9-17-10)14(19)18-6-5-16-8-12(18)11-3-2-4-15-7-11;;/h2-4,7,9,12,16H,5-6,8H2,1H3;2*1H. The SMILES string of the molecule is Cc1ncsc1C(=O)N1CCNCC1c1cccnc1.Cl.Cl. The van der Waals surface area contributed by atoms with Gasteiger partial charge in [-0.25, -0.2) is 4.98 Å². The van der Waals surface area contributed by atoms with Gasteiger partial charge in [0, 0.05) is 32.0 Å². The first-order valence-corrected chi connectivity index (χ1v) is 7.47. The lowest BCUT2D eigenvalue weighted by Crippen LogP contribution is -2.48. The number of nitrogens with one attached hydrogen (secondary N) is 1. The largest absolute Gasteiger partial charge is 0.328 e. The number of piperazine rings is 1. The van der Waals surface area contributed by atoms with Crippen LogP contribution in [0.25, 0.3) is 0 Å². The molecule has 2 aromatic rings. The van der Waals surface area contributed by atoms with Crippen LogP contribution < -0.4 is 5.32 Å². The lowest BCUT2D eigenvalue weighted by molar-refractivity contribution is 0.0638. The molecule has 8 heteroatoms. The Labute approximate surface area is 146 Å². The van der Waals surface area contributed by atoms with E-state index in [1.54, 1.807) is 11.7 Å². The summed E-state index contributed by atoms with van der Waals surface area (Å²) in [6.45, 7) is 4.16. The zero-order valence-electron chi connectivity index (χ0n) is 12.1. The lowest BCUT2D eigenvalue weighted by Gasteiger charge is -2.36. The highest BCUT2D eigenvalue weighted by Gasteiger charge is 2.30. The van der Waals surface area contributed by atoms with Gasteiger partial charge < -0.3 is 10.2 Å². The number of pyridine rings is 1. The highest BCUT2D eigenvalue weighted by atomic mass is 35.5. The second-order valence-corrected chi connectivity index (χ2v) is 5.63. The van der Waals surface area contributed by atoms with Gasteiger partial charge in [0.2, 0.25) is 0 Å².